The summed E-state index contributed by atoms with van der Waals surface area (Å²) in [6.45, 7) is 0. The van der Waals surface area contributed by atoms with Crippen LogP contribution in [0, 0.1) is 11.8 Å². The summed E-state index contributed by atoms with van der Waals surface area (Å²) in [5.74, 6) is -4.10. The molecule has 1 spiro atoms. The van der Waals surface area contributed by atoms with Crippen LogP contribution in [-0.2, 0) is 31.1 Å². The summed E-state index contributed by atoms with van der Waals surface area (Å²) in [4.78, 5) is 59.3. The zero-order valence-electron chi connectivity index (χ0n) is 21.2. The summed E-state index contributed by atoms with van der Waals surface area (Å²) in [6, 6.07) is 18.6. The molecule has 0 unspecified atom stereocenters. The second-order valence-corrected chi connectivity index (χ2v) is 10.7. The summed E-state index contributed by atoms with van der Waals surface area (Å²) in [6.07, 6.45) is 2.26. The standard InChI is InChI=1S/C30H23ClN4O5/c1-40-28(38)18-7-3-5-9-23(18)35-26(36)24-22(12-15-14-32-20-8-4-2-6-17(15)20)34-30(25(24)27(35)37)19-13-16(31)10-11-21(19)33-29(30)39/h2-11,13-14,22,24-25,32,34H,12H2,1H3,(H,33,39)/t22-,24-,25-,30+/m0/s1. The van der Waals surface area contributed by atoms with Crippen molar-refractivity contribution in [3.8, 4) is 0 Å². The van der Waals surface area contributed by atoms with Crippen molar-refractivity contribution in [1.82, 2.24) is 10.3 Å². The van der Waals surface area contributed by atoms with Gasteiger partial charge in [-0.3, -0.25) is 19.7 Å². The van der Waals surface area contributed by atoms with E-state index in [0.29, 0.717) is 22.7 Å². The fraction of sp³-hybridized carbons (Fsp3) is 0.200. The van der Waals surface area contributed by atoms with E-state index in [-0.39, 0.29) is 11.3 Å². The van der Waals surface area contributed by atoms with E-state index in [1.807, 2.05) is 30.5 Å². The van der Waals surface area contributed by atoms with Gasteiger partial charge < -0.3 is 15.0 Å². The number of hydrogen-bond donors (Lipinski definition) is 3. The van der Waals surface area contributed by atoms with Crippen LogP contribution in [0.3, 0.4) is 0 Å². The van der Waals surface area contributed by atoms with Crippen molar-refractivity contribution >= 4 is 57.6 Å². The van der Waals surface area contributed by atoms with Crippen molar-refractivity contribution in [2.24, 2.45) is 11.8 Å². The van der Waals surface area contributed by atoms with Gasteiger partial charge in [0.1, 0.15) is 5.54 Å². The van der Waals surface area contributed by atoms with Gasteiger partial charge in [-0.05, 0) is 48.4 Å². The Morgan fingerprint density at radius 1 is 1.02 bits per heavy atom. The van der Waals surface area contributed by atoms with Crippen LogP contribution in [0.5, 0.6) is 0 Å². The SMILES string of the molecule is COC(=O)c1ccccc1N1C(=O)[C@H]2[C@H](Cc3c[nH]c4ccccc34)N[C@@]3(C(=O)Nc4ccc(Cl)cc43)[C@@H]2C1=O. The van der Waals surface area contributed by atoms with E-state index < -0.39 is 47.1 Å². The van der Waals surface area contributed by atoms with Gasteiger partial charge in [0.15, 0.2) is 0 Å². The fourth-order valence-electron chi connectivity index (χ4n) is 6.67. The van der Waals surface area contributed by atoms with Crippen LogP contribution in [0.25, 0.3) is 10.9 Å². The molecule has 7 rings (SSSR count). The summed E-state index contributed by atoms with van der Waals surface area (Å²) in [5.41, 5.74) is 1.63. The molecule has 3 aliphatic rings. The lowest BCUT2D eigenvalue weighted by Crippen LogP contribution is -2.53. The Balaban J connectivity index is 1.40. The van der Waals surface area contributed by atoms with Crippen LogP contribution in [0.4, 0.5) is 11.4 Å². The Morgan fingerprint density at radius 3 is 2.62 bits per heavy atom. The number of amides is 3. The Kier molecular flexibility index (Phi) is 5.39. The third kappa shape index (κ3) is 3.25. The van der Waals surface area contributed by atoms with E-state index in [9.17, 15) is 19.2 Å². The zero-order chi connectivity index (χ0) is 27.8. The molecular weight excluding hydrogens is 532 g/mol. The van der Waals surface area contributed by atoms with Crippen molar-refractivity contribution in [3.63, 3.8) is 0 Å². The molecule has 4 aromatic rings. The number of nitrogens with zero attached hydrogens (tertiary/aromatic N) is 1. The van der Waals surface area contributed by atoms with Crippen molar-refractivity contribution in [2.45, 2.75) is 18.0 Å². The number of ether oxygens (including phenoxy) is 1. The molecular formula is C30H23ClN4O5. The lowest BCUT2D eigenvalue weighted by molar-refractivity contribution is -0.130. The molecule has 0 bridgehead atoms. The number of halogens is 1. The molecule has 200 valence electrons. The van der Waals surface area contributed by atoms with Crippen molar-refractivity contribution in [1.29, 1.82) is 0 Å². The maximum Gasteiger partial charge on any atom is 0.339 e. The van der Waals surface area contributed by atoms with Gasteiger partial charge >= 0.3 is 5.97 Å². The lowest BCUT2D eigenvalue weighted by atomic mass is 9.76. The molecule has 3 N–H and O–H groups in total. The lowest BCUT2D eigenvalue weighted by Gasteiger charge is -2.30. The molecule has 3 aromatic carbocycles. The van der Waals surface area contributed by atoms with Gasteiger partial charge in [-0.2, -0.15) is 0 Å². The van der Waals surface area contributed by atoms with Crippen molar-refractivity contribution in [3.05, 3.63) is 94.6 Å². The van der Waals surface area contributed by atoms with Crippen LogP contribution < -0.4 is 15.5 Å². The van der Waals surface area contributed by atoms with E-state index in [4.69, 9.17) is 16.3 Å². The quantitative estimate of drug-likeness (QED) is 0.261. The second-order valence-electron chi connectivity index (χ2n) is 10.3. The summed E-state index contributed by atoms with van der Waals surface area (Å²) < 4.78 is 4.92. The molecule has 4 heterocycles. The monoisotopic (exact) mass is 554 g/mol. The largest absolute Gasteiger partial charge is 0.465 e. The van der Waals surface area contributed by atoms with Crippen LogP contribution in [-0.4, -0.2) is 41.8 Å². The van der Waals surface area contributed by atoms with Gasteiger partial charge in [0.2, 0.25) is 17.7 Å². The highest BCUT2D eigenvalue weighted by Crippen LogP contribution is 2.54. The number of anilines is 2. The molecule has 1 aromatic heterocycles. The first-order valence-electron chi connectivity index (χ1n) is 12.8. The van der Waals surface area contributed by atoms with Crippen LogP contribution >= 0.6 is 11.6 Å². The number of fused-ring (bicyclic) bond motifs is 5. The second kappa shape index (κ2) is 8.77. The molecule has 0 aliphatic carbocycles. The van der Waals surface area contributed by atoms with Gasteiger partial charge in [0, 0.05) is 39.4 Å². The topological polar surface area (TPSA) is 121 Å². The molecule has 0 radical (unpaired) electrons. The first-order valence-corrected chi connectivity index (χ1v) is 13.2. The number of carbonyl (C=O) groups is 4. The van der Waals surface area contributed by atoms with Crippen LogP contribution in [0.2, 0.25) is 5.02 Å². The Morgan fingerprint density at radius 2 is 1.80 bits per heavy atom. The van der Waals surface area contributed by atoms with E-state index in [0.717, 1.165) is 21.4 Å². The van der Waals surface area contributed by atoms with E-state index in [1.54, 1.807) is 30.3 Å². The fourth-order valence-corrected chi connectivity index (χ4v) is 6.85. The highest BCUT2D eigenvalue weighted by molar-refractivity contribution is 6.31. The van der Waals surface area contributed by atoms with E-state index in [1.165, 1.54) is 19.2 Å². The van der Waals surface area contributed by atoms with Gasteiger partial charge in [-0.15, -0.1) is 0 Å². The number of imide groups is 1. The zero-order valence-corrected chi connectivity index (χ0v) is 22.0. The molecule has 4 atom stereocenters. The maximum atomic E-state index is 14.3. The molecule has 40 heavy (non-hydrogen) atoms. The predicted octanol–water partition coefficient (Wildman–Crippen LogP) is 3.78. The average molecular weight is 555 g/mol. The number of aromatic amines is 1. The van der Waals surface area contributed by atoms with Crippen LogP contribution in [0.15, 0.2) is 72.9 Å². The van der Waals surface area contributed by atoms with Crippen LogP contribution in [0.1, 0.15) is 21.5 Å². The predicted molar refractivity (Wildman–Crippen MR) is 148 cm³/mol. The summed E-state index contributed by atoms with van der Waals surface area (Å²) >= 11 is 6.37. The molecule has 9 nitrogen and oxygen atoms in total. The molecule has 3 aliphatic heterocycles. The number of H-pyrrole nitrogens is 1. The number of esters is 1. The Labute approximate surface area is 233 Å². The molecule has 2 fully saturated rings. The number of nitrogens with one attached hydrogen (secondary N) is 3. The van der Waals surface area contributed by atoms with Gasteiger partial charge in [-0.1, -0.05) is 41.9 Å². The van der Waals surface area contributed by atoms with Crippen molar-refractivity contribution in [2.75, 3.05) is 17.3 Å². The van der Waals surface area contributed by atoms with Gasteiger partial charge in [0.05, 0.1) is 30.2 Å². The number of aromatic nitrogens is 1. The molecule has 0 saturated carbocycles. The summed E-state index contributed by atoms with van der Waals surface area (Å²) in [7, 11) is 1.24. The smallest absolute Gasteiger partial charge is 0.339 e. The minimum atomic E-state index is -1.52. The molecule has 3 amide bonds. The third-order valence-electron chi connectivity index (χ3n) is 8.34. The normalized spacial score (nSPS) is 25.0. The van der Waals surface area contributed by atoms with Crippen molar-refractivity contribution < 1.29 is 23.9 Å². The number of carbonyl (C=O) groups excluding carboxylic acids is 4. The van der Waals surface area contributed by atoms with E-state index in [2.05, 4.69) is 15.6 Å². The Hall–Kier alpha value is -4.47. The third-order valence-corrected chi connectivity index (χ3v) is 8.58. The highest BCUT2D eigenvalue weighted by atomic mass is 35.5. The number of rotatable bonds is 4. The molecule has 10 heteroatoms. The van der Waals surface area contributed by atoms with E-state index >= 15 is 0 Å². The minimum absolute atomic E-state index is 0.0844. The minimum Gasteiger partial charge on any atom is -0.465 e. The first kappa shape index (κ1) is 24.6. The van der Waals surface area contributed by atoms with Gasteiger partial charge in [-0.25, -0.2) is 9.69 Å². The highest BCUT2D eigenvalue weighted by Gasteiger charge is 2.70. The summed E-state index contributed by atoms with van der Waals surface area (Å²) in [5, 5.41) is 7.72. The maximum absolute atomic E-state index is 14.3. The van der Waals surface area contributed by atoms with Gasteiger partial charge in [0.25, 0.3) is 0 Å². The molecule has 2 saturated heterocycles. The number of hydrogen-bond acceptors (Lipinski definition) is 6. The number of methoxy groups -OCH3 is 1. The number of benzene rings is 3. The number of para-hydroxylation sites is 2. The average Bonchev–Trinajstić information content (AvgIpc) is 3.67. The Bertz CT molecular complexity index is 1770. The first-order chi connectivity index (χ1) is 19.3.